The Hall–Kier alpha value is -1.07. The van der Waals surface area contributed by atoms with Gasteiger partial charge in [0, 0.05) is 17.0 Å². The van der Waals surface area contributed by atoms with Crippen molar-refractivity contribution in [2.75, 3.05) is 6.54 Å². The van der Waals surface area contributed by atoms with Crippen LogP contribution in [0.25, 0.3) is 0 Å². The van der Waals surface area contributed by atoms with Crippen LogP contribution in [-0.4, -0.2) is 15.0 Å². The second-order valence-corrected chi connectivity index (χ2v) is 8.22. The van der Waals surface area contributed by atoms with E-state index in [1.807, 2.05) is 26.0 Å². The Labute approximate surface area is 141 Å². The molecule has 22 heavy (non-hydrogen) atoms. The van der Waals surface area contributed by atoms with Gasteiger partial charge in [0.05, 0.1) is 5.02 Å². The van der Waals surface area contributed by atoms with Crippen LogP contribution in [0.5, 0.6) is 0 Å². The van der Waals surface area contributed by atoms with Gasteiger partial charge in [-0.1, -0.05) is 61.3 Å². The SMILES string of the molecule is CC(C)(CNS(=O)(=O)c1ccccc1Cl)c1ccc(Cl)cc1. The number of benzene rings is 2. The molecular weight excluding hydrogens is 341 g/mol. The summed E-state index contributed by atoms with van der Waals surface area (Å²) in [7, 11) is -3.65. The molecule has 0 aliphatic heterocycles. The highest BCUT2D eigenvalue weighted by atomic mass is 35.5. The molecule has 0 amide bonds. The molecule has 0 unspecified atom stereocenters. The Balaban J connectivity index is 2.18. The zero-order valence-corrected chi connectivity index (χ0v) is 14.6. The Bertz CT molecular complexity index is 756. The molecule has 0 aliphatic carbocycles. The summed E-state index contributed by atoms with van der Waals surface area (Å²) in [5.74, 6) is 0. The van der Waals surface area contributed by atoms with Crippen molar-refractivity contribution in [2.45, 2.75) is 24.2 Å². The second-order valence-electron chi connectivity index (χ2n) is 5.65. The highest BCUT2D eigenvalue weighted by molar-refractivity contribution is 7.89. The maximum atomic E-state index is 12.4. The summed E-state index contributed by atoms with van der Waals surface area (Å²) in [6, 6.07) is 13.8. The first-order valence-corrected chi connectivity index (χ1v) is 8.96. The Kier molecular flexibility index (Phi) is 5.17. The fourth-order valence-electron chi connectivity index (χ4n) is 2.02. The summed E-state index contributed by atoms with van der Waals surface area (Å²) < 4.78 is 27.4. The van der Waals surface area contributed by atoms with Crippen molar-refractivity contribution in [3.63, 3.8) is 0 Å². The van der Waals surface area contributed by atoms with Gasteiger partial charge in [-0.15, -0.1) is 0 Å². The molecule has 6 heteroatoms. The second kappa shape index (κ2) is 6.59. The van der Waals surface area contributed by atoms with Crippen LogP contribution in [0.4, 0.5) is 0 Å². The topological polar surface area (TPSA) is 46.2 Å². The molecule has 0 saturated carbocycles. The molecular formula is C16H17Cl2NO2S. The van der Waals surface area contributed by atoms with Gasteiger partial charge in [0.15, 0.2) is 0 Å². The maximum absolute atomic E-state index is 12.4. The smallest absolute Gasteiger partial charge is 0.210 e. The van der Waals surface area contributed by atoms with E-state index in [9.17, 15) is 8.42 Å². The summed E-state index contributed by atoms with van der Waals surface area (Å²) in [4.78, 5) is 0.0866. The fourth-order valence-corrected chi connectivity index (χ4v) is 3.87. The average Bonchev–Trinajstić information content (AvgIpc) is 2.46. The molecule has 0 spiro atoms. The van der Waals surface area contributed by atoms with E-state index in [1.54, 1.807) is 30.3 Å². The predicted molar refractivity (Wildman–Crippen MR) is 91.1 cm³/mol. The van der Waals surface area contributed by atoms with Crippen molar-refractivity contribution in [1.29, 1.82) is 0 Å². The fraction of sp³-hybridized carbons (Fsp3) is 0.250. The van der Waals surface area contributed by atoms with E-state index in [0.717, 1.165) is 5.56 Å². The highest BCUT2D eigenvalue weighted by Crippen LogP contribution is 2.25. The number of nitrogens with one attached hydrogen (secondary N) is 1. The third kappa shape index (κ3) is 4.02. The van der Waals surface area contributed by atoms with Crippen molar-refractivity contribution in [2.24, 2.45) is 0 Å². The van der Waals surface area contributed by atoms with E-state index < -0.39 is 10.0 Å². The standard InChI is InChI=1S/C16H17Cl2NO2S/c1-16(2,12-7-9-13(17)10-8-12)11-19-22(20,21)15-6-4-3-5-14(15)18/h3-10,19H,11H2,1-2H3. The summed E-state index contributed by atoms with van der Waals surface area (Å²) in [5, 5.41) is 0.857. The molecule has 0 radical (unpaired) electrons. The Morgan fingerprint density at radius 1 is 1.00 bits per heavy atom. The maximum Gasteiger partial charge on any atom is 0.242 e. The van der Waals surface area contributed by atoms with E-state index in [4.69, 9.17) is 23.2 Å². The van der Waals surface area contributed by atoms with Crippen LogP contribution in [0.3, 0.4) is 0 Å². The van der Waals surface area contributed by atoms with E-state index in [1.165, 1.54) is 6.07 Å². The highest BCUT2D eigenvalue weighted by Gasteiger charge is 2.25. The summed E-state index contributed by atoms with van der Waals surface area (Å²) >= 11 is 11.8. The first-order chi connectivity index (χ1) is 10.2. The molecule has 3 nitrogen and oxygen atoms in total. The van der Waals surface area contributed by atoms with Crippen LogP contribution in [-0.2, 0) is 15.4 Å². The Morgan fingerprint density at radius 2 is 1.59 bits per heavy atom. The van der Waals surface area contributed by atoms with Gasteiger partial charge >= 0.3 is 0 Å². The Morgan fingerprint density at radius 3 is 2.18 bits per heavy atom. The number of halogens is 2. The van der Waals surface area contributed by atoms with Gasteiger partial charge in [-0.25, -0.2) is 13.1 Å². The van der Waals surface area contributed by atoms with Gasteiger partial charge in [-0.05, 0) is 29.8 Å². The number of rotatable bonds is 5. The molecule has 2 aromatic rings. The van der Waals surface area contributed by atoms with Gasteiger partial charge in [0.1, 0.15) is 4.90 Å². The van der Waals surface area contributed by atoms with Gasteiger partial charge in [0.25, 0.3) is 0 Å². The molecule has 0 saturated heterocycles. The third-order valence-corrected chi connectivity index (χ3v) is 5.61. The van der Waals surface area contributed by atoms with E-state index in [2.05, 4.69) is 4.72 Å². The first kappa shape index (κ1) is 17.3. The average molecular weight is 358 g/mol. The summed E-state index contributed by atoms with van der Waals surface area (Å²) in [6.07, 6.45) is 0. The van der Waals surface area contributed by atoms with Crippen LogP contribution in [0.2, 0.25) is 10.0 Å². The minimum Gasteiger partial charge on any atom is -0.210 e. The zero-order chi connectivity index (χ0) is 16.4. The van der Waals surface area contributed by atoms with Gasteiger partial charge in [-0.2, -0.15) is 0 Å². The number of sulfonamides is 1. The molecule has 0 fully saturated rings. The van der Waals surface area contributed by atoms with Gasteiger partial charge in [0.2, 0.25) is 10.0 Å². The molecule has 2 rings (SSSR count). The molecule has 2 aromatic carbocycles. The summed E-state index contributed by atoms with van der Waals surface area (Å²) in [6.45, 7) is 4.18. The molecule has 0 bridgehead atoms. The molecule has 118 valence electrons. The largest absolute Gasteiger partial charge is 0.242 e. The predicted octanol–water partition coefficient (Wildman–Crippen LogP) is 4.25. The van der Waals surface area contributed by atoms with Crippen LogP contribution in [0.1, 0.15) is 19.4 Å². The molecule has 0 atom stereocenters. The summed E-state index contributed by atoms with van der Waals surface area (Å²) in [5.41, 5.74) is 0.623. The van der Waals surface area contributed by atoms with Crippen LogP contribution < -0.4 is 4.72 Å². The lowest BCUT2D eigenvalue weighted by atomic mass is 9.85. The lowest BCUT2D eigenvalue weighted by molar-refractivity contribution is 0.501. The normalized spacial score (nSPS) is 12.4. The minimum atomic E-state index is -3.65. The molecule has 1 N–H and O–H groups in total. The van der Waals surface area contributed by atoms with Crippen molar-refractivity contribution in [3.8, 4) is 0 Å². The lowest BCUT2D eigenvalue weighted by Crippen LogP contribution is -2.36. The number of hydrogen-bond acceptors (Lipinski definition) is 2. The van der Waals surface area contributed by atoms with Crippen LogP contribution in [0.15, 0.2) is 53.4 Å². The molecule has 0 aromatic heterocycles. The minimum absolute atomic E-state index is 0.0866. The van der Waals surface area contributed by atoms with Crippen molar-refractivity contribution in [3.05, 3.63) is 64.1 Å². The molecule has 0 aliphatic rings. The third-order valence-electron chi connectivity index (χ3n) is 3.46. The van der Waals surface area contributed by atoms with Crippen molar-refractivity contribution >= 4 is 33.2 Å². The zero-order valence-electron chi connectivity index (χ0n) is 12.3. The van der Waals surface area contributed by atoms with Crippen molar-refractivity contribution < 1.29 is 8.42 Å². The van der Waals surface area contributed by atoms with Crippen LogP contribution in [0, 0.1) is 0 Å². The quantitative estimate of drug-likeness (QED) is 0.869. The van der Waals surface area contributed by atoms with Crippen molar-refractivity contribution in [1.82, 2.24) is 4.72 Å². The van der Waals surface area contributed by atoms with Crippen LogP contribution >= 0.6 is 23.2 Å². The molecule has 0 heterocycles. The lowest BCUT2D eigenvalue weighted by Gasteiger charge is -2.25. The van der Waals surface area contributed by atoms with Gasteiger partial charge < -0.3 is 0 Å². The van der Waals surface area contributed by atoms with Gasteiger partial charge in [-0.3, -0.25) is 0 Å². The van der Waals surface area contributed by atoms with E-state index in [0.29, 0.717) is 5.02 Å². The number of hydrogen-bond donors (Lipinski definition) is 1. The monoisotopic (exact) mass is 357 g/mol. The van der Waals surface area contributed by atoms with E-state index in [-0.39, 0.29) is 21.9 Å². The van der Waals surface area contributed by atoms with E-state index >= 15 is 0 Å². The first-order valence-electron chi connectivity index (χ1n) is 6.73.